The zero-order chi connectivity index (χ0) is 21.8. The molecule has 1 N–H and O–H groups in total. The summed E-state index contributed by atoms with van der Waals surface area (Å²) >= 11 is 12.2. The normalized spacial score (nSPS) is 10.7. The molecule has 1 amide bonds. The highest BCUT2D eigenvalue weighted by molar-refractivity contribution is 6.36. The maximum atomic E-state index is 13.0. The van der Waals surface area contributed by atoms with Crippen LogP contribution in [0.3, 0.4) is 0 Å². The highest BCUT2D eigenvalue weighted by Gasteiger charge is 2.18. The number of anilines is 1. The van der Waals surface area contributed by atoms with Crippen molar-refractivity contribution < 1.29 is 13.9 Å². The number of carbonyl (C=O) groups is 1. The van der Waals surface area contributed by atoms with Gasteiger partial charge in [0.05, 0.1) is 29.1 Å². The molecule has 5 nitrogen and oxygen atoms in total. The molecule has 4 rings (SSSR count). The predicted octanol–water partition coefficient (Wildman–Crippen LogP) is 6.97. The number of ether oxygens (including phenoxy) is 1. The van der Waals surface area contributed by atoms with E-state index < -0.39 is 0 Å². The van der Waals surface area contributed by atoms with Gasteiger partial charge in [0.15, 0.2) is 5.76 Å². The van der Waals surface area contributed by atoms with Crippen LogP contribution < -0.4 is 10.1 Å². The molecule has 156 valence electrons. The summed E-state index contributed by atoms with van der Waals surface area (Å²) in [5.74, 6) is 1.37. The summed E-state index contributed by atoms with van der Waals surface area (Å²) in [6, 6.07) is 19.5. The van der Waals surface area contributed by atoms with Gasteiger partial charge in [0, 0.05) is 16.1 Å². The van der Waals surface area contributed by atoms with E-state index in [-0.39, 0.29) is 5.91 Å². The molecule has 0 aliphatic carbocycles. The second-order valence-corrected chi connectivity index (χ2v) is 7.45. The Bertz CT molecular complexity index is 1220. The van der Waals surface area contributed by atoms with Crippen LogP contribution in [0.25, 0.3) is 22.8 Å². The first-order valence-corrected chi connectivity index (χ1v) is 10.4. The molecule has 0 unspecified atom stereocenters. The Morgan fingerprint density at radius 2 is 1.84 bits per heavy atom. The van der Waals surface area contributed by atoms with E-state index in [4.69, 9.17) is 32.4 Å². The topological polar surface area (TPSA) is 64.4 Å². The molecule has 3 aromatic carbocycles. The molecule has 0 saturated carbocycles. The number of halogens is 2. The van der Waals surface area contributed by atoms with Crippen molar-refractivity contribution in [1.29, 1.82) is 0 Å². The molecule has 7 heteroatoms. The van der Waals surface area contributed by atoms with E-state index >= 15 is 0 Å². The van der Waals surface area contributed by atoms with Crippen LogP contribution in [0, 0.1) is 0 Å². The van der Waals surface area contributed by atoms with Crippen molar-refractivity contribution in [3.05, 3.63) is 88.5 Å². The Labute approximate surface area is 189 Å². The van der Waals surface area contributed by atoms with E-state index in [9.17, 15) is 4.79 Å². The van der Waals surface area contributed by atoms with Crippen LogP contribution in [0.4, 0.5) is 5.69 Å². The minimum atomic E-state index is -0.347. The Morgan fingerprint density at radius 3 is 2.61 bits per heavy atom. The monoisotopic (exact) mass is 452 g/mol. The number of hydrogen-bond acceptors (Lipinski definition) is 4. The Balaban J connectivity index is 1.61. The third-order valence-electron chi connectivity index (χ3n) is 4.53. The van der Waals surface area contributed by atoms with Crippen LogP contribution in [0.1, 0.15) is 17.3 Å². The summed E-state index contributed by atoms with van der Waals surface area (Å²) < 4.78 is 11.4. The second-order valence-electron chi connectivity index (χ2n) is 6.61. The quantitative estimate of drug-likeness (QED) is 0.343. The van der Waals surface area contributed by atoms with Crippen LogP contribution >= 0.6 is 23.2 Å². The molecular formula is C24H18Cl2N2O3. The number of oxazole rings is 1. The van der Waals surface area contributed by atoms with Gasteiger partial charge in [-0.25, -0.2) is 4.98 Å². The second kappa shape index (κ2) is 9.25. The molecule has 31 heavy (non-hydrogen) atoms. The van der Waals surface area contributed by atoms with E-state index in [0.29, 0.717) is 45.1 Å². The molecule has 0 aliphatic rings. The van der Waals surface area contributed by atoms with E-state index in [2.05, 4.69) is 10.3 Å². The third kappa shape index (κ3) is 4.74. The Morgan fingerprint density at radius 1 is 1.06 bits per heavy atom. The summed E-state index contributed by atoms with van der Waals surface area (Å²) in [6.07, 6.45) is 1.63. The molecule has 0 spiro atoms. The number of carbonyl (C=O) groups excluding carboxylic acids is 1. The van der Waals surface area contributed by atoms with Crippen LogP contribution in [0.2, 0.25) is 10.0 Å². The van der Waals surface area contributed by atoms with Crippen molar-refractivity contribution in [2.45, 2.75) is 6.92 Å². The maximum Gasteiger partial charge on any atom is 0.256 e. The smallest absolute Gasteiger partial charge is 0.256 e. The Kier molecular flexibility index (Phi) is 6.26. The van der Waals surface area contributed by atoms with E-state index in [0.717, 1.165) is 11.3 Å². The summed E-state index contributed by atoms with van der Waals surface area (Å²) in [4.78, 5) is 17.3. The van der Waals surface area contributed by atoms with Gasteiger partial charge in [-0.2, -0.15) is 0 Å². The average Bonchev–Trinajstić information content (AvgIpc) is 3.27. The molecule has 0 bridgehead atoms. The molecule has 4 aromatic rings. The van der Waals surface area contributed by atoms with Gasteiger partial charge in [-0.15, -0.1) is 0 Å². The number of benzene rings is 3. The van der Waals surface area contributed by atoms with E-state index in [1.54, 1.807) is 42.6 Å². The lowest BCUT2D eigenvalue weighted by atomic mass is 10.1. The van der Waals surface area contributed by atoms with Crippen LogP contribution in [-0.2, 0) is 0 Å². The number of amides is 1. The first-order chi connectivity index (χ1) is 15.0. The van der Waals surface area contributed by atoms with Gasteiger partial charge in [0.25, 0.3) is 5.91 Å². The number of aromatic nitrogens is 1. The van der Waals surface area contributed by atoms with Gasteiger partial charge in [0.2, 0.25) is 5.89 Å². The van der Waals surface area contributed by atoms with Crippen molar-refractivity contribution >= 4 is 34.8 Å². The highest BCUT2D eigenvalue weighted by Crippen LogP contribution is 2.31. The standard InChI is InChI=1S/C24H18Cl2N2O3/c1-2-30-17-10-7-15(8-11-17)22-14-27-24(31-22)19-6-4-3-5-18(19)23(29)28-21-13-16(25)9-12-20(21)26/h3-14H,2H2,1H3,(H,28,29). The van der Waals surface area contributed by atoms with E-state index in [1.165, 1.54) is 0 Å². The fraction of sp³-hybridized carbons (Fsp3) is 0.0833. The summed E-state index contributed by atoms with van der Waals surface area (Å²) in [5.41, 5.74) is 2.25. The Hall–Kier alpha value is -3.28. The van der Waals surface area contributed by atoms with Crippen molar-refractivity contribution in [2.24, 2.45) is 0 Å². The van der Waals surface area contributed by atoms with Gasteiger partial charge >= 0.3 is 0 Å². The fourth-order valence-corrected chi connectivity index (χ4v) is 3.40. The average molecular weight is 453 g/mol. The van der Waals surface area contributed by atoms with Crippen LogP contribution in [0.5, 0.6) is 5.75 Å². The first-order valence-electron chi connectivity index (χ1n) is 9.60. The molecule has 0 atom stereocenters. The third-order valence-corrected chi connectivity index (χ3v) is 5.10. The number of hydrogen-bond donors (Lipinski definition) is 1. The zero-order valence-corrected chi connectivity index (χ0v) is 18.1. The summed E-state index contributed by atoms with van der Waals surface area (Å²) in [7, 11) is 0. The van der Waals surface area contributed by atoms with Gasteiger partial charge in [-0.05, 0) is 61.5 Å². The van der Waals surface area contributed by atoms with E-state index in [1.807, 2.05) is 37.3 Å². The van der Waals surface area contributed by atoms with Crippen molar-refractivity contribution in [3.8, 4) is 28.5 Å². The number of nitrogens with one attached hydrogen (secondary N) is 1. The fourth-order valence-electron chi connectivity index (χ4n) is 3.06. The van der Waals surface area contributed by atoms with Crippen LogP contribution in [0.15, 0.2) is 77.3 Å². The molecule has 1 aromatic heterocycles. The van der Waals surface area contributed by atoms with Crippen molar-refractivity contribution in [2.75, 3.05) is 11.9 Å². The highest BCUT2D eigenvalue weighted by atomic mass is 35.5. The van der Waals surface area contributed by atoms with Gasteiger partial charge in [-0.3, -0.25) is 4.79 Å². The molecule has 1 heterocycles. The van der Waals surface area contributed by atoms with Crippen molar-refractivity contribution in [1.82, 2.24) is 4.98 Å². The van der Waals surface area contributed by atoms with Crippen LogP contribution in [-0.4, -0.2) is 17.5 Å². The summed E-state index contributed by atoms with van der Waals surface area (Å²) in [5, 5.41) is 3.66. The minimum Gasteiger partial charge on any atom is -0.494 e. The molecular weight excluding hydrogens is 435 g/mol. The van der Waals surface area contributed by atoms with Gasteiger partial charge in [-0.1, -0.05) is 35.3 Å². The van der Waals surface area contributed by atoms with Crippen molar-refractivity contribution in [3.63, 3.8) is 0 Å². The molecule has 0 aliphatic heterocycles. The number of nitrogens with zero attached hydrogens (tertiary/aromatic N) is 1. The molecule has 0 saturated heterocycles. The largest absolute Gasteiger partial charge is 0.494 e. The summed E-state index contributed by atoms with van der Waals surface area (Å²) in [6.45, 7) is 2.54. The zero-order valence-electron chi connectivity index (χ0n) is 16.6. The lowest BCUT2D eigenvalue weighted by molar-refractivity contribution is 0.102. The minimum absolute atomic E-state index is 0.340. The van der Waals surface area contributed by atoms with Gasteiger partial charge in [0.1, 0.15) is 5.75 Å². The lowest BCUT2D eigenvalue weighted by Gasteiger charge is -2.10. The predicted molar refractivity (Wildman–Crippen MR) is 123 cm³/mol. The lowest BCUT2D eigenvalue weighted by Crippen LogP contribution is -2.13. The maximum absolute atomic E-state index is 13.0. The van der Waals surface area contributed by atoms with Gasteiger partial charge < -0.3 is 14.5 Å². The first kappa shape index (κ1) is 21.0. The molecule has 0 radical (unpaired) electrons. The SMILES string of the molecule is CCOc1ccc(-c2cnc(-c3ccccc3C(=O)Nc3cc(Cl)ccc3Cl)o2)cc1. The molecule has 0 fully saturated rings. The number of rotatable bonds is 6.